The first-order valence-corrected chi connectivity index (χ1v) is 5.09. The predicted octanol–water partition coefficient (Wildman–Crippen LogP) is 1.92. The fraction of sp³-hybridized carbons (Fsp3) is 0.333. The number of primary amides is 1. The highest BCUT2D eigenvalue weighted by molar-refractivity contribution is 5.84. The van der Waals surface area contributed by atoms with Crippen molar-refractivity contribution in [2.24, 2.45) is 10.8 Å². The van der Waals surface area contributed by atoms with Gasteiger partial charge in [-0.05, 0) is 61.6 Å². The van der Waals surface area contributed by atoms with Crippen LogP contribution in [0.4, 0.5) is 4.79 Å². The average Bonchev–Trinajstić information content (AvgIpc) is 2.22. The smallest absolute Gasteiger partial charge is 0.332 e. The Labute approximate surface area is 95.5 Å². The zero-order valence-electron chi connectivity index (χ0n) is 10.1. The van der Waals surface area contributed by atoms with Gasteiger partial charge in [-0.3, -0.25) is 0 Å². The number of carbonyl (C=O) groups is 1. The minimum atomic E-state index is -0.658. The third-order valence-electron chi connectivity index (χ3n) is 2.90. The molecule has 0 bridgehead atoms. The van der Waals surface area contributed by atoms with Gasteiger partial charge in [0.25, 0.3) is 0 Å². The summed E-state index contributed by atoms with van der Waals surface area (Å²) < 4.78 is 0. The molecule has 0 unspecified atom stereocenters. The molecule has 0 saturated heterocycles. The number of benzene rings is 1. The van der Waals surface area contributed by atoms with Crippen LogP contribution in [0.1, 0.15) is 27.8 Å². The van der Waals surface area contributed by atoms with Gasteiger partial charge in [0.1, 0.15) is 0 Å². The number of hydrazone groups is 1. The topological polar surface area (TPSA) is 67.5 Å². The van der Waals surface area contributed by atoms with E-state index in [1.165, 1.54) is 16.7 Å². The molecule has 0 aliphatic heterocycles. The quantitative estimate of drug-likeness (QED) is 0.579. The molecule has 1 rings (SSSR count). The lowest BCUT2D eigenvalue weighted by Crippen LogP contribution is -2.24. The molecule has 0 radical (unpaired) electrons. The number of urea groups is 1. The Morgan fingerprint density at radius 1 is 1.25 bits per heavy atom. The SMILES string of the molecule is Cc1cc(/C=N/NC(N)=O)c(C)c(C)c1C. The van der Waals surface area contributed by atoms with Crippen molar-refractivity contribution in [1.29, 1.82) is 0 Å². The van der Waals surface area contributed by atoms with Gasteiger partial charge in [-0.2, -0.15) is 5.10 Å². The molecule has 1 aromatic rings. The standard InChI is InChI=1S/C12H17N3O/c1-7-5-11(6-14-15-12(13)16)10(4)9(3)8(7)2/h5-6H,1-4H3,(H3,13,15,16)/b14-6+. The van der Waals surface area contributed by atoms with Crippen molar-refractivity contribution in [2.75, 3.05) is 0 Å². The van der Waals surface area contributed by atoms with E-state index in [0.29, 0.717) is 0 Å². The molecule has 0 heterocycles. The van der Waals surface area contributed by atoms with Gasteiger partial charge in [-0.15, -0.1) is 0 Å². The number of nitrogens with zero attached hydrogens (tertiary/aromatic N) is 1. The molecule has 86 valence electrons. The van der Waals surface area contributed by atoms with Gasteiger partial charge in [0, 0.05) is 0 Å². The third kappa shape index (κ3) is 2.59. The van der Waals surface area contributed by atoms with E-state index in [-0.39, 0.29) is 0 Å². The van der Waals surface area contributed by atoms with Gasteiger partial charge in [-0.25, -0.2) is 10.2 Å². The number of nitrogens with one attached hydrogen (secondary N) is 1. The number of hydrogen-bond acceptors (Lipinski definition) is 2. The second kappa shape index (κ2) is 4.79. The molecular formula is C12H17N3O. The maximum atomic E-state index is 10.5. The first-order valence-electron chi connectivity index (χ1n) is 5.09. The van der Waals surface area contributed by atoms with Gasteiger partial charge >= 0.3 is 6.03 Å². The Morgan fingerprint density at radius 2 is 1.88 bits per heavy atom. The number of rotatable bonds is 2. The van der Waals surface area contributed by atoms with Crippen molar-refractivity contribution in [3.05, 3.63) is 33.9 Å². The summed E-state index contributed by atoms with van der Waals surface area (Å²) in [6.45, 7) is 8.27. The highest BCUT2D eigenvalue weighted by Gasteiger charge is 2.05. The van der Waals surface area contributed by atoms with Crippen molar-refractivity contribution in [3.63, 3.8) is 0 Å². The molecule has 2 amide bonds. The molecule has 16 heavy (non-hydrogen) atoms. The minimum Gasteiger partial charge on any atom is -0.350 e. The van der Waals surface area contributed by atoms with Crippen molar-refractivity contribution in [3.8, 4) is 0 Å². The van der Waals surface area contributed by atoms with Crippen LogP contribution in [0.15, 0.2) is 11.2 Å². The fourth-order valence-corrected chi connectivity index (χ4v) is 1.54. The number of amides is 2. The monoisotopic (exact) mass is 219 g/mol. The molecule has 4 nitrogen and oxygen atoms in total. The van der Waals surface area contributed by atoms with Crippen LogP contribution in [0.3, 0.4) is 0 Å². The molecular weight excluding hydrogens is 202 g/mol. The highest BCUT2D eigenvalue weighted by Crippen LogP contribution is 2.19. The van der Waals surface area contributed by atoms with Gasteiger partial charge in [0.05, 0.1) is 6.21 Å². The Hall–Kier alpha value is -1.84. The number of carbonyl (C=O) groups excluding carboxylic acids is 1. The summed E-state index contributed by atoms with van der Waals surface area (Å²) in [5.41, 5.74) is 13.0. The van der Waals surface area contributed by atoms with Crippen molar-refractivity contribution < 1.29 is 4.79 Å². The van der Waals surface area contributed by atoms with Gasteiger partial charge in [0.2, 0.25) is 0 Å². The third-order valence-corrected chi connectivity index (χ3v) is 2.90. The Bertz CT molecular complexity index is 450. The maximum Gasteiger partial charge on any atom is 0.332 e. The normalized spacial score (nSPS) is 10.8. The Balaban J connectivity index is 3.06. The maximum absolute atomic E-state index is 10.5. The van der Waals surface area contributed by atoms with E-state index in [1.807, 2.05) is 13.0 Å². The summed E-state index contributed by atoms with van der Waals surface area (Å²) in [5, 5.41) is 3.76. The molecule has 0 spiro atoms. The van der Waals surface area contributed by atoms with E-state index in [4.69, 9.17) is 5.73 Å². The fourth-order valence-electron chi connectivity index (χ4n) is 1.54. The van der Waals surface area contributed by atoms with Crippen LogP contribution < -0.4 is 11.2 Å². The number of hydrogen-bond donors (Lipinski definition) is 2. The van der Waals surface area contributed by atoms with E-state index in [9.17, 15) is 4.79 Å². The van der Waals surface area contributed by atoms with E-state index >= 15 is 0 Å². The second-order valence-electron chi connectivity index (χ2n) is 3.89. The largest absolute Gasteiger partial charge is 0.350 e. The molecule has 0 saturated carbocycles. The second-order valence-corrected chi connectivity index (χ2v) is 3.89. The molecule has 0 aromatic heterocycles. The number of nitrogens with two attached hydrogens (primary N) is 1. The molecule has 0 atom stereocenters. The first-order chi connectivity index (χ1) is 7.43. The van der Waals surface area contributed by atoms with E-state index in [2.05, 4.69) is 31.3 Å². The van der Waals surface area contributed by atoms with Crippen molar-refractivity contribution >= 4 is 12.2 Å². The minimum absolute atomic E-state index is 0.658. The van der Waals surface area contributed by atoms with Crippen molar-refractivity contribution in [1.82, 2.24) is 5.43 Å². The summed E-state index contributed by atoms with van der Waals surface area (Å²) in [6.07, 6.45) is 1.61. The van der Waals surface area contributed by atoms with Gasteiger partial charge in [0.15, 0.2) is 0 Å². The van der Waals surface area contributed by atoms with Crippen LogP contribution >= 0.6 is 0 Å². The highest BCUT2D eigenvalue weighted by atomic mass is 16.2. The van der Waals surface area contributed by atoms with Crippen LogP contribution in [-0.4, -0.2) is 12.2 Å². The summed E-state index contributed by atoms with van der Waals surface area (Å²) in [6, 6.07) is 1.39. The van der Waals surface area contributed by atoms with Crippen LogP contribution in [0.5, 0.6) is 0 Å². The Kier molecular flexibility index (Phi) is 3.66. The lowest BCUT2D eigenvalue weighted by Gasteiger charge is -2.11. The average molecular weight is 219 g/mol. The summed E-state index contributed by atoms with van der Waals surface area (Å²) in [7, 11) is 0. The molecule has 3 N–H and O–H groups in total. The predicted molar refractivity (Wildman–Crippen MR) is 65.7 cm³/mol. The zero-order chi connectivity index (χ0) is 12.3. The van der Waals surface area contributed by atoms with E-state index in [0.717, 1.165) is 11.1 Å². The zero-order valence-corrected chi connectivity index (χ0v) is 10.1. The van der Waals surface area contributed by atoms with Crippen LogP contribution in [0.2, 0.25) is 0 Å². The van der Waals surface area contributed by atoms with Gasteiger partial charge in [-0.1, -0.05) is 0 Å². The summed E-state index contributed by atoms with van der Waals surface area (Å²) >= 11 is 0. The lowest BCUT2D eigenvalue weighted by molar-refractivity contribution is 0.249. The summed E-state index contributed by atoms with van der Waals surface area (Å²) in [4.78, 5) is 10.5. The molecule has 0 aliphatic rings. The van der Waals surface area contributed by atoms with E-state index in [1.54, 1.807) is 6.21 Å². The Morgan fingerprint density at radius 3 is 2.44 bits per heavy atom. The molecule has 4 heteroatoms. The van der Waals surface area contributed by atoms with Crippen LogP contribution in [-0.2, 0) is 0 Å². The van der Waals surface area contributed by atoms with Crippen molar-refractivity contribution in [2.45, 2.75) is 27.7 Å². The molecule has 0 fully saturated rings. The molecule has 1 aromatic carbocycles. The lowest BCUT2D eigenvalue weighted by atomic mass is 9.95. The van der Waals surface area contributed by atoms with E-state index < -0.39 is 6.03 Å². The first kappa shape index (κ1) is 12.2. The van der Waals surface area contributed by atoms with Crippen LogP contribution in [0.25, 0.3) is 0 Å². The van der Waals surface area contributed by atoms with Crippen LogP contribution in [0, 0.1) is 27.7 Å². The van der Waals surface area contributed by atoms with Gasteiger partial charge < -0.3 is 5.73 Å². The summed E-state index contributed by atoms with van der Waals surface area (Å²) in [5.74, 6) is 0. The number of aryl methyl sites for hydroxylation is 1. The molecule has 0 aliphatic carbocycles.